The van der Waals surface area contributed by atoms with Crippen LogP contribution in [0, 0.1) is 0 Å². The van der Waals surface area contributed by atoms with Crippen LogP contribution in [0.2, 0.25) is 0 Å². The van der Waals surface area contributed by atoms with E-state index in [0.29, 0.717) is 18.5 Å². The molecule has 1 aromatic rings. The Labute approximate surface area is 102 Å². The minimum absolute atomic E-state index is 0.00865. The SMILES string of the molecule is CCC(=O)NCc1cccc(C(=O)N(C)C)c1. The molecule has 2 amide bonds. The molecule has 92 valence electrons. The molecule has 0 radical (unpaired) electrons. The molecule has 17 heavy (non-hydrogen) atoms. The summed E-state index contributed by atoms with van der Waals surface area (Å²) in [6.45, 7) is 2.27. The van der Waals surface area contributed by atoms with Gasteiger partial charge in [0.05, 0.1) is 0 Å². The van der Waals surface area contributed by atoms with E-state index in [-0.39, 0.29) is 11.8 Å². The third-order valence-corrected chi connectivity index (χ3v) is 2.39. The Morgan fingerprint density at radius 2 is 2.00 bits per heavy atom. The van der Waals surface area contributed by atoms with Crippen LogP contribution in [-0.2, 0) is 11.3 Å². The lowest BCUT2D eigenvalue weighted by atomic mass is 10.1. The first-order chi connectivity index (χ1) is 8.04. The van der Waals surface area contributed by atoms with Gasteiger partial charge in [-0.1, -0.05) is 19.1 Å². The van der Waals surface area contributed by atoms with Gasteiger partial charge in [0.1, 0.15) is 0 Å². The van der Waals surface area contributed by atoms with Crippen LogP contribution in [0.25, 0.3) is 0 Å². The monoisotopic (exact) mass is 234 g/mol. The normalized spacial score (nSPS) is 9.82. The molecular formula is C13H18N2O2. The second-order valence-corrected chi connectivity index (χ2v) is 4.03. The number of carbonyl (C=O) groups is 2. The van der Waals surface area contributed by atoms with Crippen LogP contribution >= 0.6 is 0 Å². The van der Waals surface area contributed by atoms with Crippen molar-refractivity contribution in [1.29, 1.82) is 0 Å². The topological polar surface area (TPSA) is 49.4 Å². The molecule has 4 nitrogen and oxygen atoms in total. The summed E-state index contributed by atoms with van der Waals surface area (Å²) in [6.07, 6.45) is 0.469. The van der Waals surface area contributed by atoms with Gasteiger partial charge in [-0.3, -0.25) is 9.59 Å². The van der Waals surface area contributed by atoms with E-state index in [1.807, 2.05) is 12.1 Å². The van der Waals surface area contributed by atoms with Gasteiger partial charge in [-0.2, -0.15) is 0 Å². The second-order valence-electron chi connectivity index (χ2n) is 4.03. The summed E-state index contributed by atoms with van der Waals surface area (Å²) in [5.41, 5.74) is 1.57. The minimum atomic E-state index is -0.0336. The molecule has 0 aliphatic heterocycles. The lowest BCUT2D eigenvalue weighted by Crippen LogP contribution is -2.23. The zero-order chi connectivity index (χ0) is 12.8. The molecule has 0 fully saturated rings. The molecule has 1 rings (SSSR count). The van der Waals surface area contributed by atoms with E-state index in [1.165, 1.54) is 4.90 Å². The summed E-state index contributed by atoms with van der Waals surface area (Å²) >= 11 is 0. The summed E-state index contributed by atoms with van der Waals surface area (Å²) in [7, 11) is 3.43. The quantitative estimate of drug-likeness (QED) is 0.856. The van der Waals surface area contributed by atoms with Gasteiger partial charge < -0.3 is 10.2 Å². The van der Waals surface area contributed by atoms with Gasteiger partial charge in [0, 0.05) is 32.6 Å². The number of hydrogen-bond donors (Lipinski definition) is 1. The van der Waals surface area contributed by atoms with E-state index < -0.39 is 0 Å². The van der Waals surface area contributed by atoms with E-state index >= 15 is 0 Å². The van der Waals surface area contributed by atoms with Gasteiger partial charge >= 0.3 is 0 Å². The van der Waals surface area contributed by atoms with Crippen LogP contribution < -0.4 is 5.32 Å². The standard InChI is InChI=1S/C13H18N2O2/c1-4-12(16)14-9-10-6-5-7-11(8-10)13(17)15(2)3/h5-8H,4,9H2,1-3H3,(H,14,16). The average Bonchev–Trinajstić information content (AvgIpc) is 2.35. The summed E-state index contributed by atoms with van der Waals surface area (Å²) in [5, 5.41) is 2.78. The molecule has 0 aromatic heterocycles. The fraction of sp³-hybridized carbons (Fsp3) is 0.385. The predicted molar refractivity (Wildman–Crippen MR) is 66.6 cm³/mol. The molecule has 0 bridgehead atoms. The first-order valence-corrected chi connectivity index (χ1v) is 5.62. The molecule has 0 atom stereocenters. The third-order valence-electron chi connectivity index (χ3n) is 2.39. The van der Waals surface area contributed by atoms with Crippen molar-refractivity contribution in [3.63, 3.8) is 0 Å². The van der Waals surface area contributed by atoms with Crippen molar-refractivity contribution < 1.29 is 9.59 Å². The van der Waals surface area contributed by atoms with Crippen molar-refractivity contribution >= 4 is 11.8 Å². The molecule has 0 aliphatic rings. The number of carbonyl (C=O) groups excluding carboxylic acids is 2. The van der Waals surface area contributed by atoms with Crippen LogP contribution in [-0.4, -0.2) is 30.8 Å². The molecule has 0 aliphatic carbocycles. The van der Waals surface area contributed by atoms with Crippen molar-refractivity contribution in [2.24, 2.45) is 0 Å². The van der Waals surface area contributed by atoms with E-state index in [0.717, 1.165) is 5.56 Å². The summed E-state index contributed by atoms with van der Waals surface area (Å²) in [4.78, 5) is 24.4. The fourth-order valence-corrected chi connectivity index (χ4v) is 1.40. The number of hydrogen-bond acceptors (Lipinski definition) is 2. The lowest BCUT2D eigenvalue weighted by molar-refractivity contribution is -0.120. The smallest absolute Gasteiger partial charge is 0.253 e. The number of rotatable bonds is 4. The zero-order valence-corrected chi connectivity index (χ0v) is 10.5. The molecule has 0 unspecified atom stereocenters. The maximum absolute atomic E-state index is 11.7. The van der Waals surface area contributed by atoms with E-state index in [9.17, 15) is 9.59 Å². The van der Waals surface area contributed by atoms with E-state index in [1.54, 1.807) is 33.2 Å². The van der Waals surface area contributed by atoms with Gasteiger partial charge in [0.2, 0.25) is 5.91 Å². The summed E-state index contributed by atoms with van der Waals surface area (Å²) < 4.78 is 0. The Morgan fingerprint density at radius 1 is 1.29 bits per heavy atom. The van der Waals surface area contributed by atoms with Crippen molar-refractivity contribution in [3.8, 4) is 0 Å². The van der Waals surface area contributed by atoms with Crippen molar-refractivity contribution in [2.75, 3.05) is 14.1 Å². The highest BCUT2D eigenvalue weighted by Crippen LogP contribution is 2.07. The zero-order valence-electron chi connectivity index (χ0n) is 10.5. The summed E-state index contributed by atoms with van der Waals surface area (Å²) in [6, 6.07) is 7.29. The van der Waals surface area contributed by atoms with Gasteiger partial charge in [-0.15, -0.1) is 0 Å². The van der Waals surface area contributed by atoms with Gasteiger partial charge in [0.25, 0.3) is 5.91 Å². The Morgan fingerprint density at radius 3 is 2.59 bits per heavy atom. The highest BCUT2D eigenvalue weighted by Gasteiger charge is 2.08. The lowest BCUT2D eigenvalue weighted by Gasteiger charge is -2.11. The van der Waals surface area contributed by atoms with Crippen LogP contribution in [0.15, 0.2) is 24.3 Å². The Hall–Kier alpha value is -1.84. The molecule has 0 saturated carbocycles. The predicted octanol–water partition coefficient (Wildman–Crippen LogP) is 1.41. The van der Waals surface area contributed by atoms with Crippen molar-refractivity contribution in [2.45, 2.75) is 19.9 Å². The average molecular weight is 234 g/mol. The van der Waals surface area contributed by atoms with Crippen molar-refractivity contribution in [1.82, 2.24) is 10.2 Å². The van der Waals surface area contributed by atoms with Gasteiger partial charge in [-0.05, 0) is 17.7 Å². The maximum Gasteiger partial charge on any atom is 0.253 e. The number of nitrogens with one attached hydrogen (secondary N) is 1. The molecule has 0 saturated heterocycles. The van der Waals surface area contributed by atoms with Gasteiger partial charge in [-0.25, -0.2) is 0 Å². The Balaban J connectivity index is 2.72. The first-order valence-electron chi connectivity index (χ1n) is 5.62. The first kappa shape index (κ1) is 13.2. The summed E-state index contributed by atoms with van der Waals surface area (Å²) in [5.74, 6) is -0.0250. The molecule has 4 heteroatoms. The van der Waals surface area contributed by atoms with Crippen LogP contribution in [0.5, 0.6) is 0 Å². The van der Waals surface area contributed by atoms with Crippen LogP contribution in [0.3, 0.4) is 0 Å². The molecule has 1 aromatic carbocycles. The van der Waals surface area contributed by atoms with Crippen LogP contribution in [0.1, 0.15) is 29.3 Å². The minimum Gasteiger partial charge on any atom is -0.352 e. The third kappa shape index (κ3) is 3.90. The van der Waals surface area contributed by atoms with E-state index in [4.69, 9.17) is 0 Å². The highest BCUT2D eigenvalue weighted by molar-refractivity contribution is 5.94. The highest BCUT2D eigenvalue weighted by atomic mass is 16.2. The molecular weight excluding hydrogens is 216 g/mol. The van der Waals surface area contributed by atoms with Crippen LogP contribution in [0.4, 0.5) is 0 Å². The van der Waals surface area contributed by atoms with E-state index in [2.05, 4.69) is 5.32 Å². The Bertz CT molecular complexity index is 414. The number of benzene rings is 1. The largest absolute Gasteiger partial charge is 0.352 e. The second kappa shape index (κ2) is 6.03. The fourth-order valence-electron chi connectivity index (χ4n) is 1.40. The van der Waals surface area contributed by atoms with Crippen molar-refractivity contribution in [3.05, 3.63) is 35.4 Å². The van der Waals surface area contributed by atoms with Gasteiger partial charge in [0.15, 0.2) is 0 Å². The molecule has 0 spiro atoms. The number of amides is 2. The Kier molecular flexibility index (Phi) is 4.69. The molecule has 1 N–H and O–H groups in total. The maximum atomic E-state index is 11.7. The number of nitrogens with zero attached hydrogens (tertiary/aromatic N) is 1. The molecule has 0 heterocycles.